The van der Waals surface area contributed by atoms with E-state index in [1.165, 1.54) is 0 Å². The highest BCUT2D eigenvalue weighted by atomic mass is 16.5. The molecule has 7 heteroatoms. The molecule has 0 fully saturated rings. The monoisotopic (exact) mass is 414 g/mol. The van der Waals surface area contributed by atoms with Crippen molar-refractivity contribution in [1.29, 1.82) is 0 Å². The molecule has 7 nitrogen and oxygen atoms in total. The van der Waals surface area contributed by atoms with Gasteiger partial charge in [-0.2, -0.15) is 0 Å². The summed E-state index contributed by atoms with van der Waals surface area (Å²) in [4.78, 5) is 23.8. The Morgan fingerprint density at radius 1 is 1.03 bits per heavy atom. The Labute approximate surface area is 179 Å². The van der Waals surface area contributed by atoms with Crippen LogP contribution < -0.4 is 14.4 Å². The van der Waals surface area contributed by atoms with E-state index in [-0.39, 0.29) is 5.91 Å². The molecule has 1 aliphatic heterocycles. The summed E-state index contributed by atoms with van der Waals surface area (Å²) in [5.74, 6) is 1.72. The summed E-state index contributed by atoms with van der Waals surface area (Å²) < 4.78 is 13.8. The number of imidazole rings is 1. The molecule has 31 heavy (non-hydrogen) atoms. The van der Waals surface area contributed by atoms with Gasteiger partial charge >= 0.3 is 0 Å². The number of carbonyl (C=O) groups excluding carboxylic acids is 1. The second kappa shape index (κ2) is 8.10. The lowest BCUT2D eigenvalue weighted by Gasteiger charge is -2.16. The average Bonchev–Trinajstić information content (AvgIpc) is 3.38. The van der Waals surface area contributed by atoms with Gasteiger partial charge in [-0.05, 0) is 43.3 Å². The van der Waals surface area contributed by atoms with Gasteiger partial charge in [-0.15, -0.1) is 0 Å². The van der Waals surface area contributed by atoms with Gasteiger partial charge in [-0.1, -0.05) is 18.2 Å². The number of carbonyl (C=O) groups is 1. The Morgan fingerprint density at radius 3 is 2.77 bits per heavy atom. The quantitative estimate of drug-likeness (QED) is 0.476. The number of benzene rings is 2. The smallest absolute Gasteiger partial charge is 0.260 e. The van der Waals surface area contributed by atoms with Gasteiger partial charge in [0.05, 0.1) is 17.6 Å². The van der Waals surface area contributed by atoms with Crippen LogP contribution in [0.25, 0.3) is 11.0 Å². The first-order chi connectivity index (χ1) is 15.2. The third-order valence-electron chi connectivity index (χ3n) is 5.28. The number of para-hydroxylation sites is 2. The molecule has 0 saturated carbocycles. The first-order valence-corrected chi connectivity index (χ1v) is 10.3. The largest absolute Gasteiger partial charge is 0.490 e. The van der Waals surface area contributed by atoms with Crippen LogP contribution in [-0.2, 0) is 13.2 Å². The SMILES string of the molecule is CCOc1cc(C(=O)N2CCn3c2nc2ccccc23)ccc1OCc1cccnc1. The molecule has 4 aromatic rings. The van der Waals surface area contributed by atoms with Crippen LogP contribution in [0.1, 0.15) is 22.8 Å². The number of ether oxygens (including phenoxy) is 2. The maximum atomic E-state index is 13.3. The van der Waals surface area contributed by atoms with Gasteiger partial charge < -0.3 is 14.0 Å². The Hall–Kier alpha value is -3.87. The van der Waals surface area contributed by atoms with Crippen LogP contribution >= 0.6 is 0 Å². The predicted molar refractivity (Wildman–Crippen MR) is 118 cm³/mol. The van der Waals surface area contributed by atoms with Crippen LogP contribution in [0.2, 0.25) is 0 Å². The number of pyridine rings is 1. The lowest BCUT2D eigenvalue weighted by atomic mass is 10.1. The van der Waals surface area contributed by atoms with Crippen molar-refractivity contribution < 1.29 is 14.3 Å². The summed E-state index contributed by atoms with van der Waals surface area (Å²) in [6.45, 7) is 4.07. The zero-order valence-electron chi connectivity index (χ0n) is 17.2. The lowest BCUT2D eigenvalue weighted by Crippen LogP contribution is -2.29. The van der Waals surface area contributed by atoms with E-state index in [0.717, 1.165) is 23.1 Å². The summed E-state index contributed by atoms with van der Waals surface area (Å²) in [7, 11) is 0. The fraction of sp³-hybridized carbons (Fsp3) is 0.208. The maximum absolute atomic E-state index is 13.3. The van der Waals surface area contributed by atoms with Crippen LogP contribution in [0.3, 0.4) is 0 Å². The van der Waals surface area contributed by atoms with Gasteiger partial charge in [0.25, 0.3) is 5.91 Å². The molecule has 0 N–H and O–H groups in total. The highest BCUT2D eigenvalue weighted by Crippen LogP contribution is 2.32. The Kier molecular flexibility index (Phi) is 5.00. The van der Waals surface area contributed by atoms with E-state index in [2.05, 4.69) is 14.5 Å². The predicted octanol–water partition coefficient (Wildman–Crippen LogP) is 4.07. The van der Waals surface area contributed by atoms with Gasteiger partial charge in [-0.3, -0.25) is 14.7 Å². The summed E-state index contributed by atoms with van der Waals surface area (Å²) in [6, 6.07) is 17.1. The van der Waals surface area contributed by atoms with E-state index in [4.69, 9.17) is 9.47 Å². The summed E-state index contributed by atoms with van der Waals surface area (Å²) in [5, 5.41) is 0. The second-order valence-electron chi connectivity index (χ2n) is 7.25. The molecular weight excluding hydrogens is 392 g/mol. The minimum atomic E-state index is -0.103. The Bertz CT molecular complexity index is 1240. The second-order valence-corrected chi connectivity index (χ2v) is 7.25. The van der Waals surface area contributed by atoms with Crippen molar-refractivity contribution in [3.63, 3.8) is 0 Å². The van der Waals surface area contributed by atoms with Crippen LogP contribution in [-0.4, -0.2) is 33.6 Å². The van der Waals surface area contributed by atoms with Gasteiger partial charge in [0.2, 0.25) is 5.95 Å². The molecule has 156 valence electrons. The Balaban J connectivity index is 1.40. The van der Waals surface area contributed by atoms with Gasteiger partial charge in [0.15, 0.2) is 11.5 Å². The Morgan fingerprint density at radius 2 is 1.94 bits per heavy atom. The molecule has 0 spiro atoms. The molecule has 0 aliphatic carbocycles. The fourth-order valence-corrected chi connectivity index (χ4v) is 3.81. The first kappa shape index (κ1) is 19.1. The van der Waals surface area contributed by atoms with Crippen LogP contribution in [0.15, 0.2) is 67.0 Å². The van der Waals surface area contributed by atoms with Crippen molar-refractivity contribution in [2.24, 2.45) is 0 Å². The molecule has 1 aliphatic rings. The van der Waals surface area contributed by atoms with Crippen LogP contribution in [0.4, 0.5) is 5.95 Å². The minimum absolute atomic E-state index is 0.103. The number of anilines is 1. The van der Waals surface area contributed by atoms with E-state index in [1.807, 2.05) is 43.3 Å². The van der Waals surface area contributed by atoms with Crippen molar-refractivity contribution in [2.75, 3.05) is 18.1 Å². The number of aromatic nitrogens is 3. The molecule has 0 bridgehead atoms. The highest BCUT2D eigenvalue weighted by Gasteiger charge is 2.29. The number of amides is 1. The molecule has 0 atom stereocenters. The first-order valence-electron chi connectivity index (χ1n) is 10.3. The standard InChI is InChI=1S/C24H22N4O3/c1-2-30-22-14-18(9-10-21(22)31-16-17-6-5-11-25-15-17)23(29)28-13-12-27-20-8-4-3-7-19(20)26-24(27)28/h3-11,14-15H,2,12-13,16H2,1H3. The molecule has 1 amide bonds. The van der Waals surface area contributed by atoms with Crippen LogP contribution in [0.5, 0.6) is 11.5 Å². The van der Waals surface area contributed by atoms with Crippen LogP contribution in [0, 0.1) is 0 Å². The molecule has 0 radical (unpaired) electrons. The van der Waals surface area contributed by atoms with E-state index in [0.29, 0.717) is 42.8 Å². The summed E-state index contributed by atoms with van der Waals surface area (Å²) >= 11 is 0. The average molecular weight is 414 g/mol. The summed E-state index contributed by atoms with van der Waals surface area (Å²) in [6.07, 6.45) is 3.49. The van der Waals surface area contributed by atoms with Gasteiger partial charge in [0, 0.05) is 36.6 Å². The third kappa shape index (κ3) is 3.59. The number of fused-ring (bicyclic) bond motifs is 3. The lowest BCUT2D eigenvalue weighted by molar-refractivity contribution is 0.0988. The number of nitrogens with zero attached hydrogens (tertiary/aromatic N) is 4. The maximum Gasteiger partial charge on any atom is 0.260 e. The van der Waals surface area contributed by atoms with Crippen molar-refractivity contribution >= 4 is 22.9 Å². The zero-order chi connectivity index (χ0) is 21.2. The molecule has 2 aromatic carbocycles. The van der Waals surface area contributed by atoms with Crippen molar-refractivity contribution in [3.05, 3.63) is 78.1 Å². The van der Waals surface area contributed by atoms with Gasteiger partial charge in [0.1, 0.15) is 6.61 Å². The summed E-state index contributed by atoms with van der Waals surface area (Å²) in [5.41, 5.74) is 3.44. The minimum Gasteiger partial charge on any atom is -0.490 e. The number of hydrogen-bond donors (Lipinski definition) is 0. The van der Waals surface area contributed by atoms with E-state index in [9.17, 15) is 4.79 Å². The fourth-order valence-electron chi connectivity index (χ4n) is 3.81. The normalized spacial score (nSPS) is 12.7. The topological polar surface area (TPSA) is 69.5 Å². The zero-order valence-corrected chi connectivity index (χ0v) is 17.2. The third-order valence-corrected chi connectivity index (χ3v) is 5.28. The highest BCUT2D eigenvalue weighted by molar-refractivity contribution is 6.06. The van der Waals surface area contributed by atoms with Crippen molar-refractivity contribution in [2.45, 2.75) is 20.1 Å². The van der Waals surface area contributed by atoms with Gasteiger partial charge in [-0.25, -0.2) is 4.98 Å². The number of hydrogen-bond acceptors (Lipinski definition) is 5. The van der Waals surface area contributed by atoms with E-state index >= 15 is 0 Å². The number of rotatable bonds is 6. The van der Waals surface area contributed by atoms with Crippen molar-refractivity contribution in [1.82, 2.24) is 14.5 Å². The molecular formula is C24H22N4O3. The molecule has 2 aromatic heterocycles. The van der Waals surface area contributed by atoms with E-state index < -0.39 is 0 Å². The molecule has 0 saturated heterocycles. The molecule has 5 rings (SSSR count). The van der Waals surface area contributed by atoms with E-state index in [1.54, 1.807) is 35.5 Å². The molecule has 3 heterocycles. The van der Waals surface area contributed by atoms with Crippen molar-refractivity contribution in [3.8, 4) is 11.5 Å². The molecule has 0 unspecified atom stereocenters.